The first-order chi connectivity index (χ1) is 12.8. The van der Waals surface area contributed by atoms with Crippen molar-refractivity contribution in [2.45, 2.75) is 0 Å². The van der Waals surface area contributed by atoms with Crippen LogP contribution in [0.3, 0.4) is 0 Å². The number of hydrogen-bond acceptors (Lipinski definition) is 3. The molecule has 0 radical (unpaired) electrons. The third-order valence-corrected chi connectivity index (χ3v) is 8.65. The van der Waals surface area contributed by atoms with Gasteiger partial charge in [-0.1, -0.05) is 42.5 Å². The summed E-state index contributed by atoms with van der Waals surface area (Å²) in [6.45, 7) is 0. The summed E-state index contributed by atoms with van der Waals surface area (Å²) in [5.74, 6) is -0.527. The highest BCUT2D eigenvalue weighted by Crippen LogP contribution is 2.49. The normalized spacial score (nSPS) is 13.2. The minimum Gasteiger partial charge on any atom is -0.506 e. The fourth-order valence-corrected chi connectivity index (χ4v) is 4.89. The molecule has 7 heteroatoms. The van der Waals surface area contributed by atoms with Crippen LogP contribution in [0, 0.1) is 0 Å². The van der Waals surface area contributed by atoms with Gasteiger partial charge < -0.3 is 5.11 Å². The Morgan fingerprint density at radius 3 is 1.93 bits per heavy atom. The van der Waals surface area contributed by atoms with E-state index in [-0.39, 0.29) is 22.9 Å². The monoisotopic (exact) mass is 614 g/mol. The van der Waals surface area contributed by atoms with Crippen LogP contribution in [-0.4, -0.2) is 16.7 Å². The molecule has 1 N–H and O–H groups in total. The van der Waals surface area contributed by atoms with Crippen LogP contribution in [0.5, 0.6) is 5.75 Å². The molecule has 0 aromatic heterocycles. The number of ketones is 2. The Morgan fingerprint density at radius 1 is 0.778 bits per heavy atom. The third kappa shape index (κ3) is 3.97. The summed E-state index contributed by atoms with van der Waals surface area (Å²) in [5, 5.41) is 10.8. The maximum absolute atomic E-state index is 13.4. The molecule has 0 spiro atoms. The Morgan fingerprint density at radius 2 is 1.33 bits per heavy atom. The number of halogens is 4. The van der Waals surface area contributed by atoms with E-state index in [1.807, 2.05) is 6.07 Å². The van der Waals surface area contributed by atoms with Crippen molar-refractivity contribution in [3.05, 3.63) is 89.2 Å². The topological polar surface area (TPSA) is 54.4 Å². The molecule has 1 aliphatic carbocycles. The molecule has 0 saturated heterocycles. The van der Waals surface area contributed by atoms with Gasteiger partial charge in [0.1, 0.15) is 5.75 Å². The second-order valence-electron chi connectivity index (χ2n) is 5.57. The van der Waals surface area contributed by atoms with Crippen LogP contribution in [0.2, 0.25) is 0 Å². The van der Waals surface area contributed by atoms with Gasteiger partial charge in [-0.25, -0.2) is 0 Å². The van der Waals surface area contributed by atoms with E-state index in [2.05, 4.69) is 63.7 Å². The standard InChI is InChI=1S/C20H10Br4O3/c21-15-14(20(27)18(24)17(23)16(15)22)13(10-6-8-12(25)9-7-10)19(26)11-4-2-1-3-5-11/h1-9,27H. The maximum atomic E-state index is 13.4. The van der Waals surface area contributed by atoms with E-state index < -0.39 is 0 Å². The highest BCUT2D eigenvalue weighted by molar-refractivity contribution is 9.15. The van der Waals surface area contributed by atoms with Gasteiger partial charge in [-0.15, -0.1) is 0 Å². The van der Waals surface area contributed by atoms with Crippen molar-refractivity contribution in [1.29, 1.82) is 0 Å². The van der Waals surface area contributed by atoms with Crippen LogP contribution in [0.25, 0.3) is 5.57 Å². The molecule has 136 valence electrons. The Balaban J connectivity index is 2.36. The summed E-state index contributed by atoms with van der Waals surface area (Å²) >= 11 is 13.7. The molecule has 0 fully saturated rings. The molecule has 3 rings (SSSR count). The number of carbonyl (C=O) groups is 2. The minimum atomic E-state index is -0.272. The lowest BCUT2D eigenvalue weighted by molar-refractivity contribution is -0.110. The highest BCUT2D eigenvalue weighted by atomic mass is 79.9. The van der Waals surface area contributed by atoms with Gasteiger partial charge >= 0.3 is 0 Å². The number of phenolic OH excluding ortho intramolecular Hbond substituents is 1. The SMILES string of the molecule is O=C1C=CC(=C(C(=O)c2ccccc2)c2c(O)c(Br)c(Br)c(Br)c2Br)C=C1. The first-order valence-corrected chi connectivity index (χ1v) is 10.8. The summed E-state index contributed by atoms with van der Waals surface area (Å²) in [4.78, 5) is 24.9. The summed E-state index contributed by atoms with van der Waals surface area (Å²) in [6.07, 6.45) is 5.94. The number of aromatic hydroxyl groups is 1. The average Bonchev–Trinajstić information content (AvgIpc) is 2.69. The van der Waals surface area contributed by atoms with Crippen molar-refractivity contribution < 1.29 is 14.7 Å². The van der Waals surface area contributed by atoms with Crippen molar-refractivity contribution in [3.63, 3.8) is 0 Å². The summed E-state index contributed by atoms with van der Waals surface area (Å²) < 4.78 is 2.17. The molecular weight excluding hydrogens is 608 g/mol. The van der Waals surface area contributed by atoms with Crippen molar-refractivity contribution >= 4 is 80.9 Å². The molecule has 2 aromatic carbocycles. The quantitative estimate of drug-likeness (QED) is 0.179. The lowest BCUT2D eigenvalue weighted by Crippen LogP contribution is -2.08. The average molecular weight is 618 g/mol. The van der Waals surface area contributed by atoms with Gasteiger partial charge in [-0.2, -0.15) is 0 Å². The van der Waals surface area contributed by atoms with Gasteiger partial charge in [-0.3, -0.25) is 9.59 Å². The van der Waals surface area contributed by atoms with E-state index in [1.165, 1.54) is 12.2 Å². The van der Waals surface area contributed by atoms with E-state index in [0.29, 0.717) is 34.6 Å². The smallest absolute Gasteiger partial charge is 0.194 e. The number of Topliss-reactive ketones (excluding diaryl/α,β-unsaturated/α-hetero) is 1. The van der Waals surface area contributed by atoms with Crippen LogP contribution in [0.15, 0.2) is 78.1 Å². The second-order valence-corrected chi connectivity index (χ2v) is 8.75. The Hall–Kier alpha value is -1.28. The molecule has 0 amide bonds. The molecule has 0 bridgehead atoms. The van der Waals surface area contributed by atoms with E-state index in [4.69, 9.17) is 0 Å². The highest BCUT2D eigenvalue weighted by Gasteiger charge is 2.27. The Kier molecular flexibility index (Phi) is 6.35. The number of rotatable bonds is 3. The van der Waals surface area contributed by atoms with Crippen molar-refractivity contribution in [2.24, 2.45) is 0 Å². The van der Waals surface area contributed by atoms with Crippen LogP contribution in [-0.2, 0) is 4.79 Å². The van der Waals surface area contributed by atoms with Crippen molar-refractivity contribution in [1.82, 2.24) is 0 Å². The molecule has 0 saturated carbocycles. The largest absolute Gasteiger partial charge is 0.506 e. The molecule has 0 unspecified atom stereocenters. The molecule has 27 heavy (non-hydrogen) atoms. The number of phenols is 1. The Labute approximate surface area is 189 Å². The predicted molar refractivity (Wildman–Crippen MR) is 120 cm³/mol. The van der Waals surface area contributed by atoms with Crippen LogP contribution >= 0.6 is 63.7 Å². The van der Waals surface area contributed by atoms with Crippen LogP contribution in [0.4, 0.5) is 0 Å². The number of hydrogen-bond donors (Lipinski definition) is 1. The molecule has 0 atom stereocenters. The summed E-state index contributed by atoms with van der Waals surface area (Å²) in [7, 11) is 0. The summed E-state index contributed by atoms with van der Waals surface area (Å²) in [5.41, 5.74) is 1.60. The van der Waals surface area contributed by atoms with Crippen molar-refractivity contribution in [2.75, 3.05) is 0 Å². The molecule has 0 aliphatic heterocycles. The van der Waals surface area contributed by atoms with Gasteiger partial charge in [0.05, 0.1) is 8.95 Å². The molecule has 3 nitrogen and oxygen atoms in total. The Bertz CT molecular complexity index is 1000. The first-order valence-electron chi connectivity index (χ1n) is 7.62. The van der Waals surface area contributed by atoms with E-state index >= 15 is 0 Å². The van der Waals surface area contributed by atoms with Crippen LogP contribution < -0.4 is 0 Å². The number of carbonyl (C=O) groups excluding carboxylic acids is 2. The fraction of sp³-hybridized carbons (Fsp3) is 0. The zero-order valence-electron chi connectivity index (χ0n) is 13.5. The van der Waals surface area contributed by atoms with Gasteiger partial charge in [-0.05, 0) is 81.4 Å². The van der Waals surface area contributed by atoms with Gasteiger partial charge in [0.15, 0.2) is 11.6 Å². The lowest BCUT2D eigenvalue weighted by Gasteiger charge is -2.18. The zero-order chi connectivity index (χ0) is 19.7. The van der Waals surface area contributed by atoms with E-state index in [9.17, 15) is 14.7 Å². The fourth-order valence-electron chi connectivity index (χ4n) is 2.59. The van der Waals surface area contributed by atoms with E-state index in [0.717, 1.165) is 0 Å². The molecule has 1 aliphatic rings. The summed E-state index contributed by atoms with van der Waals surface area (Å²) in [6, 6.07) is 8.78. The second kappa shape index (κ2) is 8.39. The maximum Gasteiger partial charge on any atom is 0.194 e. The van der Waals surface area contributed by atoms with Crippen LogP contribution in [0.1, 0.15) is 15.9 Å². The predicted octanol–water partition coefficient (Wildman–Crippen LogP) is 6.77. The van der Waals surface area contributed by atoms with Gasteiger partial charge in [0.25, 0.3) is 0 Å². The first kappa shape index (κ1) is 20.5. The van der Waals surface area contributed by atoms with Gasteiger partial charge in [0, 0.05) is 25.6 Å². The molecule has 2 aromatic rings. The molecular formula is C20H10Br4O3. The van der Waals surface area contributed by atoms with Gasteiger partial charge in [0.2, 0.25) is 0 Å². The third-order valence-electron chi connectivity index (χ3n) is 3.90. The molecule has 0 heterocycles. The number of allylic oxidation sites excluding steroid dienone is 6. The minimum absolute atomic E-state index is 0.0950. The number of benzene rings is 2. The van der Waals surface area contributed by atoms with E-state index in [1.54, 1.807) is 36.4 Å². The lowest BCUT2D eigenvalue weighted by atomic mass is 9.90. The zero-order valence-corrected chi connectivity index (χ0v) is 19.8. The van der Waals surface area contributed by atoms with Crippen molar-refractivity contribution in [3.8, 4) is 5.75 Å².